The van der Waals surface area contributed by atoms with Crippen LogP contribution in [0.3, 0.4) is 0 Å². The minimum atomic E-state index is -6.05. The maximum Gasteiger partial charge on any atom is 0.516 e. The molecule has 6 aromatic carbocycles. The summed E-state index contributed by atoms with van der Waals surface area (Å²) in [6.07, 6.45) is -58.3. The first-order chi connectivity index (χ1) is 51.4. The average molecular weight is 1690 g/mol. The number of hydrogen-bond acceptors (Lipinski definition) is 11. The fourth-order valence-corrected chi connectivity index (χ4v) is 8.65. The van der Waals surface area contributed by atoms with Crippen molar-refractivity contribution in [1.29, 1.82) is 0 Å². The number of ether oxygens (including phenoxy) is 5. The fraction of sp³-hybridized carbons (Fsp3) is 0.319. The first kappa shape index (κ1) is 98.7. The number of esters is 1. The molecule has 6 aromatic rings. The molecular weight excluding hydrogens is 1640 g/mol. The molecular formula is C69H55ClF30N2O11. The average Bonchev–Trinajstić information content (AvgIpc) is 0.760. The molecule has 4 N–H and O–H groups in total. The first-order valence-corrected chi connectivity index (χ1v) is 30.9. The van der Waals surface area contributed by atoms with Crippen molar-refractivity contribution in [2.45, 2.75) is 114 Å². The second kappa shape index (κ2) is 40.9. The van der Waals surface area contributed by atoms with Gasteiger partial charge in [-0.1, -0.05) is 113 Å². The Morgan fingerprint density at radius 2 is 0.779 bits per heavy atom. The Morgan fingerprint density at radius 1 is 0.434 bits per heavy atom. The molecule has 0 aromatic heterocycles. The standard InChI is InChI=1S/C27H17F12NO2.C22H17F6NO.C10H10F6O4.C5H9ClO2.C5H2F6O2/c28-18-8-6-16(7-9-18)24(14-15-4-2-1-3-5-15,40-22(41)13-21(25(32,33)34)26(35,36)37)17-10-19(29)12-20(11-17)42-27(38,39)23(30)31;23-17-8-6-15(7-9-17)21(29,13-14-4-2-1-3-5-14)16-10-18(24)12-19(11-16)30-22(27,28)20(25)26;1-5(2)4-19-8(18)20-7(17)3-6(9(11,12)13)10(14,15)16;1-4(2)3-8-5(6)7;6-4(7,8)2(1-3(12)13)5(9,10)11/h1-13,23H,14H2,(H,40,41);1-12,20H,13,29H2;3,5H,4H2,1-2H3;4H,3H2,1-2H3;1H,(H,12,13)/t24-;21-;;;/m11.../s1. The third-order valence-corrected chi connectivity index (χ3v) is 13.4. The molecule has 44 heteroatoms. The zero-order valence-electron chi connectivity index (χ0n) is 57.1. The van der Waals surface area contributed by atoms with Crippen LogP contribution in [-0.2, 0) is 52.5 Å². The van der Waals surface area contributed by atoms with Crippen LogP contribution in [0, 0.1) is 35.1 Å². The minimum absolute atomic E-state index is 0.00183. The van der Waals surface area contributed by atoms with Gasteiger partial charge in [-0.05, 0) is 100 Å². The van der Waals surface area contributed by atoms with Crippen molar-refractivity contribution < 1.29 is 184 Å². The zero-order chi connectivity index (χ0) is 87.0. The summed E-state index contributed by atoms with van der Waals surface area (Å²) in [7, 11) is 0. The van der Waals surface area contributed by atoms with Crippen LogP contribution in [0.2, 0.25) is 0 Å². The molecule has 624 valence electrons. The van der Waals surface area contributed by atoms with Gasteiger partial charge < -0.3 is 39.8 Å². The van der Waals surface area contributed by atoms with E-state index in [1.165, 1.54) is 42.5 Å². The van der Waals surface area contributed by atoms with Crippen molar-refractivity contribution in [3.05, 3.63) is 237 Å². The van der Waals surface area contributed by atoms with E-state index < -0.39 is 184 Å². The van der Waals surface area contributed by atoms with Gasteiger partial charge in [-0.25, -0.2) is 36.7 Å². The lowest BCUT2D eigenvalue weighted by atomic mass is 9.77. The van der Waals surface area contributed by atoms with Crippen molar-refractivity contribution in [2.75, 3.05) is 13.2 Å². The lowest BCUT2D eigenvalue weighted by molar-refractivity contribution is -0.253. The maximum atomic E-state index is 14.7. The Balaban J connectivity index is 0.000000531. The second-order valence-corrected chi connectivity index (χ2v) is 23.6. The Morgan fingerprint density at radius 3 is 1.12 bits per heavy atom. The highest BCUT2D eigenvalue weighted by Crippen LogP contribution is 2.44. The van der Waals surface area contributed by atoms with Crippen LogP contribution in [-0.4, -0.2) is 110 Å². The molecule has 13 nitrogen and oxygen atoms in total. The topological polar surface area (TPSA) is 190 Å². The van der Waals surface area contributed by atoms with E-state index in [1.807, 2.05) is 19.2 Å². The molecule has 0 aliphatic heterocycles. The number of benzene rings is 6. The molecule has 0 saturated carbocycles. The largest absolute Gasteiger partial charge is 0.516 e. The Labute approximate surface area is 622 Å². The van der Waals surface area contributed by atoms with Crippen LogP contribution in [0.25, 0.3) is 0 Å². The van der Waals surface area contributed by atoms with Gasteiger partial charge in [0.15, 0.2) is 0 Å². The van der Waals surface area contributed by atoms with E-state index in [9.17, 15) is 156 Å². The fourth-order valence-electron chi connectivity index (χ4n) is 8.58. The second-order valence-electron chi connectivity index (χ2n) is 23.3. The monoisotopic (exact) mass is 1690 g/mol. The molecule has 1 amide bonds. The lowest BCUT2D eigenvalue weighted by Crippen LogP contribution is -2.48. The van der Waals surface area contributed by atoms with Crippen molar-refractivity contribution >= 4 is 41.0 Å². The van der Waals surface area contributed by atoms with Crippen LogP contribution < -0.4 is 20.5 Å². The number of alkyl halides is 26. The van der Waals surface area contributed by atoms with E-state index in [1.54, 1.807) is 44.2 Å². The Kier molecular flexibility index (Phi) is 35.7. The number of carboxylic acid groups (broad SMARTS) is 1. The van der Waals surface area contributed by atoms with Gasteiger partial charge in [0.1, 0.15) is 51.5 Å². The number of rotatable bonds is 22. The number of allylic oxidation sites excluding steroid dienone is 3. The van der Waals surface area contributed by atoms with Gasteiger partial charge in [0.2, 0.25) is 5.91 Å². The third kappa shape index (κ3) is 33.9. The SMILES string of the molecule is CC(C)COC(=O)Cl.CC(C)COC(=O)OC(=O)C=C(C(F)(F)F)C(F)(F)F.N[C@](Cc1ccccc1)(c1ccc(F)cc1)c1cc(F)cc(OC(F)(F)C(F)F)c1.O=C(C=C(C(F)(F)F)C(F)(F)F)N[C@](Cc1ccccc1)(c1ccc(F)cc1)c1cc(F)cc(OC(F)(F)C(F)F)c1.O=C(O)C=C(C(F)(F)F)C(F)(F)F. The van der Waals surface area contributed by atoms with Gasteiger partial charge in [-0.2, -0.15) is 114 Å². The van der Waals surface area contributed by atoms with Crippen molar-refractivity contribution in [1.82, 2.24) is 5.32 Å². The highest BCUT2D eigenvalue weighted by molar-refractivity contribution is 6.61. The Hall–Kier alpha value is -10.4. The first-order valence-electron chi connectivity index (χ1n) is 30.5. The molecule has 6 rings (SSSR count). The maximum absolute atomic E-state index is 14.7. The number of carbonyl (C=O) groups is 5. The molecule has 0 radical (unpaired) electrons. The summed E-state index contributed by atoms with van der Waals surface area (Å²) in [4.78, 5) is 54.0. The normalized spacial score (nSPS) is 13.1. The molecule has 0 spiro atoms. The van der Waals surface area contributed by atoms with E-state index in [-0.39, 0.29) is 41.7 Å². The number of aliphatic carboxylic acids is 1. The van der Waals surface area contributed by atoms with Gasteiger partial charge in [0.05, 0.1) is 24.3 Å². The van der Waals surface area contributed by atoms with E-state index in [0.29, 0.717) is 36.3 Å². The van der Waals surface area contributed by atoms with Crippen LogP contribution in [0.15, 0.2) is 181 Å². The summed E-state index contributed by atoms with van der Waals surface area (Å²) in [5, 5.41) is 9.68. The molecule has 2 atom stereocenters. The van der Waals surface area contributed by atoms with Gasteiger partial charge >= 0.3 is 85.6 Å². The number of nitrogens with two attached hydrogens (primary N) is 1. The molecule has 113 heavy (non-hydrogen) atoms. The number of halogens is 31. The molecule has 0 bridgehead atoms. The van der Waals surface area contributed by atoms with Crippen LogP contribution in [0.1, 0.15) is 61.1 Å². The summed E-state index contributed by atoms with van der Waals surface area (Å²) < 4.78 is 401. The van der Waals surface area contributed by atoms with Crippen molar-refractivity contribution in [3.63, 3.8) is 0 Å². The van der Waals surface area contributed by atoms with Crippen molar-refractivity contribution in [2.24, 2.45) is 17.6 Å². The van der Waals surface area contributed by atoms with E-state index in [2.05, 4.69) is 23.7 Å². The Bertz CT molecular complexity index is 4140. The molecule has 0 aliphatic carbocycles. The van der Waals surface area contributed by atoms with Gasteiger partial charge in [0, 0.05) is 48.4 Å². The number of amides is 1. The molecule has 0 heterocycles. The third-order valence-electron chi connectivity index (χ3n) is 13.3. The molecule has 0 aliphatic rings. The number of carbonyl (C=O) groups excluding carboxylic acids is 4. The van der Waals surface area contributed by atoms with E-state index in [4.69, 9.17) is 22.4 Å². The predicted molar refractivity (Wildman–Crippen MR) is 335 cm³/mol. The van der Waals surface area contributed by atoms with Gasteiger partial charge in [-0.3, -0.25) is 4.79 Å². The van der Waals surface area contributed by atoms with Gasteiger partial charge in [0.25, 0.3) is 0 Å². The quantitative estimate of drug-likeness (QED) is 0.0192. The van der Waals surface area contributed by atoms with Gasteiger partial charge in [-0.15, -0.1) is 0 Å². The summed E-state index contributed by atoms with van der Waals surface area (Å²) in [6, 6.07) is 28.4. The predicted octanol–water partition coefficient (Wildman–Crippen LogP) is 21.0. The summed E-state index contributed by atoms with van der Waals surface area (Å²) in [5.41, 5.74) is -6.95. The summed E-state index contributed by atoms with van der Waals surface area (Å²) >= 11 is 4.86. The number of carboxylic acids is 1. The highest BCUT2D eigenvalue weighted by Gasteiger charge is 2.54. The van der Waals surface area contributed by atoms with E-state index in [0.717, 1.165) is 54.1 Å². The van der Waals surface area contributed by atoms with Crippen molar-refractivity contribution in [3.8, 4) is 11.5 Å². The van der Waals surface area contributed by atoms with E-state index >= 15 is 0 Å². The zero-order valence-corrected chi connectivity index (χ0v) is 57.8. The summed E-state index contributed by atoms with van der Waals surface area (Å²) in [5.74, 6) is -12.1. The van der Waals surface area contributed by atoms with Crippen LogP contribution in [0.4, 0.5) is 141 Å². The summed E-state index contributed by atoms with van der Waals surface area (Å²) in [6.45, 7) is 7.31. The number of nitrogens with one attached hydrogen (secondary N) is 1. The lowest BCUT2D eigenvalue weighted by Gasteiger charge is -2.37. The van der Waals surface area contributed by atoms with Crippen LogP contribution >= 0.6 is 11.6 Å². The number of hydrogen-bond donors (Lipinski definition) is 3. The molecule has 0 unspecified atom stereocenters. The molecule has 0 fully saturated rings. The van der Waals surface area contributed by atoms with Crippen LogP contribution in [0.5, 0.6) is 11.5 Å². The smallest absolute Gasteiger partial charge is 0.478 e. The molecule has 0 saturated heterocycles. The minimum Gasteiger partial charge on any atom is -0.478 e. The highest BCUT2D eigenvalue weighted by atomic mass is 35.5.